The van der Waals surface area contributed by atoms with Gasteiger partial charge in [0.2, 0.25) is 11.4 Å². The average molecular weight is 1610 g/mol. The van der Waals surface area contributed by atoms with Crippen molar-refractivity contribution >= 4 is 0 Å². The van der Waals surface area contributed by atoms with Crippen molar-refractivity contribution < 1.29 is 37.9 Å². The van der Waals surface area contributed by atoms with E-state index in [0.717, 1.165) is 100 Å². The number of hydrogen-bond acceptors (Lipinski definition) is 14. The molecule has 12 aromatic rings. The van der Waals surface area contributed by atoms with Gasteiger partial charge in [0.15, 0.2) is 25.1 Å². The van der Waals surface area contributed by atoms with Gasteiger partial charge in [-0.3, -0.25) is 29.9 Å². The number of nitrogens with zero attached hydrogens (tertiary/aromatic N) is 8. The molecule has 0 amide bonds. The van der Waals surface area contributed by atoms with Crippen LogP contribution in [0.15, 0.2) is 225 Å². The van der Waals surface area contributed by atoms with Gasteiger partial charge < -0.3 is 38.8 Å². The maximum atomic E-state index is 11.9. The molecule has 0 bridgehead atoms. The van der Waals surface area contributed by atoms with Gasteiger partial charge in [0.05, 0.1) is 40.9 Å². The van der Waals surface area contributed by atoms with E-state index < -0.39 is 0 Å². The number of pyridine rings is 4. The number of hydrogen-bond donors (Lipinski definition) is 0. The number of ether oxygens (including phenoxy) is 6. The van der Waals surface area contributed by atoms with E-state index in [4.69, 9.17) is 28.4 Å². The third-order valence-corrected chi connectivity index (χ3v) is 19.7. The van der Waals surface area contributed by atoms with Gasteiger partial charge in [0, 0.05) is 61.7 Å². The lowest BCUT2D eigenvalue weighted by molar-refractivity contribution is -0.622. The number of aromatic nitrogens is 8. The van der Waals surface area contributed by atoms with E-state index in [1.807, 2.05) is 100 Å². The smallest absolute Gasteiger partial charge is 0.230 e. The van der Waals surface area contributed by atoms with Crippen LogP contribution in [0.5, 0.6) is 34.5 Å². The minimum Gasteiger partial charge on any atom is -0.618 e. The van der Waals surface area contributed by atoms with Crippen molar-refractivity contribution in [2.75, 3.05) is 0 Å². The summed E-state index contributed by atoms with van der Waals surface area (Å²) in [7, 11) is 0. The lowest BCUT2D eigenvalue weighted by atomic mass is 9.86. The standard InChI is InChI=1S/C18H23NO2.C18H23NO.C17H22N2O.C17H21NO2.C17H21NO.C16H20N2O/c1-13-11-15(18(3,4)5)9-10-17(13)21-12-16-8-6-7-14(2)19(16)20;1-13-11-15(18(3,4)5)9-10-17(13)20-12-16-8-6-7-14(2)19-16;1-12-8-14(17(3,4)5)6-7-16(12)20-11-15-10-18-9-13(2)19-15;1-13-11-14(17(2,3)4)8-9-16(13)20-12-15-7-5-6-10-18(15)19;1-13-11-14(17(2,3)4)8-9-16(13)19-12-15-7-5-6-10-18-15;1-12-9-13(16(2,3)4)5-6-15(12)19-11-14-10-17-7-8-18-14/h6-11H,12H2,1-5H3;6-11H,12H2,1-5H3;6-10H,11H2,1-5H3;5-11H,12H2,1-4H3;5-11H,12H2,1-4H3;5-10H,11H2,1-4H3. The summed E-state index contributed by atoms with van der Waals surface area (Å²) in [6.07, 6.45) is 11.8. The fourth-order valence-corrected chi connectivity index (χ4v) is 12.1. The minimum absolute atomic E-state index is 0.123. The molecule has 12 rings (SSSR count). The van der Waals surface area contributed by atoms with Crippen molar-refractivity contribution in [2.24, 2.45) is 0 Å². The van der Waals surface area contributed by atoms with E-state index >= 15 is 0 Å². The van der Waals surface area contributed by atoms with Gasteiger partial charge in [-0.2, -0.15) is 9.46 Å². The van der Waals surface area contributed by atoms with Crippen molar-refractivity contribution in [1.29, 1.82) is 0 Å². The van der Waals surface area contributed by atoms with E-state index in [-0.39, 0.29) is 45.7 Å². The molecule has 0 aliphatic rings. The summed E-state index contributed by atoms with van der Waals surface area (Å²) in [5, 5.41) is 23.4. The van der Waals surface area contributed by atoms with Gasteiger partial charge in [-0.1, -0.05) is 210 Å². The van der Waals surface area contributed by atoms with E-state index in [1.54, 1.807) is 68.4 Å². The second kappa shape index (κ2) is 42.7. The van der Waals surface area contributed by atoms with Gasteiger partial charge in [-0.15, -0.1) is 0 Å². The number of aryl methyl sites for hydroxylation is 9. The first-order chi connectivity index (χ1) is 55.8. The summed E-state index contributed by atoms with van der Waals surface area (Å²) in [5.41, 5.74) is 23.0. The molecule has 0 saturated carbocycles. The monoisotopic (exact) mass is 1610 g/mol. The molecule has 6 aromatic heterocycles. The molecule has 0 unspecified atom stereocenters. The zero-order valence-corrected chi connectivity index (χ0v) is 75.9. The van der Waals surface area contributed by atoms with E-state index in [9.17, 15) is 10.4 Å². The second-order valence-electron chi connectivity index (χ2n) is 36.5. The Morgan fingerprint density at radius 1 is 0.277 bits per heavy atom. The first-order valence-electron chi connectivity index (χ1n) is 41.0. The quantitative estimate of drug-likeness (QED) is 0.0583. The average Bonchev–Trinajstić information content (AvgIpc) is 0.854. The predicted octanol–water partition coefficient (Wildman–Crippen LogP) is 23.8. The molecule has 6 aromatic carbocycles. The first-order valence-corrected chi connectivity index (χ1v) is 41.0. The lowest BCUT2D eigenvalue weighted by Crippen LogP contribution is -2.35. The van der Waals surface area contributed by atoms with Crippen LogP contribution in [0.4, 0.5) is 0 Å². The molecule has 0 saturated heterocycles. The highest BCUT2D eigenvalue weighted by Crippen LogP contribution is 2.34. The Bertz CT molecular complexity index is 4990. The molecule has 6 heterocycles. The van der Waals surface area contributed by atoms with Crippen LogP contribution >= 0.6 is 0 Å². The molecular formula is C103H130N8O8. The van der Waals surface area contributed by atoms with Gasteiger partial charge >= 0.3 is 0 Å². The molecule has 0 aliphatic heterocycles. The summed E-state index contributed by atoms with van der Waals surface area (Å²) < 4.78 is 36.6. The van der Waals surface area contributed by atoms with E-state index in [1.165, 1.54) is 50.7 Å². The van der Waals surface area contributed by atoms with Crippen LogP contribution in [0.2, 0.25) is 0 Å². The highest BCUT2D eigenvalue weighted by Gasteiger charge is 2.22. The Labute approximate surface area is 711 Å². The number of benzene rings is 6. The Balaban J connectivity index is 0.000000197. The first kappa shape index (κ1) is 94.6. The second-order valence-corrected chi connectivity index (χ2v) is 36.5. The highest BCUT2D eigenvalue weighted by molar-refractivity contribution is 5.44. The third-order valence-electron chi connectivity index (χ3n) is 19.7. The number of rotatable bonds is 18. The zero-order chi connectivity index (χ0) is 87.6. The molecule has 16 nitrogen and oxygen atoms in total. The maximum Gasteiger partial charge on any atom is 0.230 e. The Kier molecular flexibility index (Phi) is 34.0. The molecule has 0 N–H and O–H groups in total. The Morgan fingerprint density at radius 2 is 0.605 bits per heavy atom. The van der Waals surface area contributed by atoms with E-state index in [2.05, 4.69) is 267 Å². The molecule has 0 atom stereocenters. The lowest BCUT2D eigenvalue weighted by Gasteiger charge is -2.20. The summed E-state index contributed by atoms with van der Waals surface area (Å²) >= 11 is 0. The molecule has 0 fully saturated rings. The Hall–Kier alpha value is -11.5. The normalized spacial score (nSPS) is 11.4. The summed E-state index contributed by atoms with van der Waals surface area (Å²) in [4.78, 5) is 25.4. The molecule has 0 spiro atoms. The summed E-state index contributed by atoms with van der Waals surface area (Å²) in [6.45, 7) is 60.3. The Morgan fingerprint density at radius 3 is 0.958 bits per heavy atom. The SMILES string of the molecule is Cc1cc(C(C)(C)C)ccc1OCc1cccc(C)[n+]1[O-].Cc1cc(C(C)(C)C)ccc1OCc1cccc[n+]1[O-].Cc1cc(C(C)(C)C)ccc1OCc1ccccn1.Cc1cc(C(C)(C)C)ccc1OCc1cnccn1.Cc1cccc(COc2ccc(C(C)(C)C)cc2C)n1.Cc1cncc(COc2ccc(C(C)(C)C)cc2C)n1. The van der Waals surface area contributed by atoms with Crippen LogP contribution in [0, 0.1) is 72.7 Å². The molecule has 630 valence electrons. The largest absolute Gasteiger partial charge is 0.618 e. The molecule has 119 heavy (non-hydrogen) atoms. The van der Waals surface area contributed by atoms with E-state index in [0.29, 0.717) is 43.5 Å². The van der Waals surface area contributed by atoms with Crippen LogP contribution in [0.25, 0.3) is 0 Å². The predicted molar refractivity (Wildman–Crippen MR) is 483 cm³/mol. The summed E-state index contributed by atoms with van der Waals surface area (Å²) in [6, 6.07) is 60.6. The van der Waals surface area contributed by atoms with Crippen LogP contribution in [0.3, 0.4) is 0 Å². The van der Waals surface area contributed by atoms with Crippen LogP contribution in [0.1, 0.15) is 243 Å². The topological polar surface area (TPSA) is 187 Å². The van der Waals surface area contributed by atoms with Crippen molar-refractivity contribution in [3.8, 4) is 34.5 Å². The zero-order valence-electron chi connectivity index (χ0n) is 75.9. The van der Waals surface area contributed by atoms with Gasteiger partial charge in [0.25, 0.3) is 0 Å². The van der Waals surface area contributed by atoms with Gasteiger partial charge in [0.1, 0.15) is 60.9 Å². The maximum absolute atomic E-state index is 11.9. The van der Waals surface area contributed by atoms with Crippen molar-refractivity contribution in [3.63, 3.8) is 0 Å². The van der Waals surface area contributed by atoms with Gasteiger partial charge in [-0.05, 0) is 227 Å². The van der Waals surface area contributed by atoms with Crippen LogP contribution < -0.4 is 37.9 Å². The fraction of sp³-hybridized carbons (Fsp3) is 0.379. The van der Waals surface area contributed by atoms with Gasteiger partial charge in [-0.25, -0.2) is 0 Å². The third kappa shape index (κ3) is 31.1. The molecule has 0 aliphatic carbocycles. The molecular weight excluding hydrogens is 1480 g/mol. The van der Waals surface area contributed by atoms with Crippen LogP contribution in [-0.2, 0) is 72.1 Å². The molecule has 16 heteroatoms. The highest BCUT2D eigenvalue weighted by atomic mass is 16.5. The van der Waals surface area contributed by atoms with Crippen molar-refractivity contribution in [1.82, 2.24) is 29.9 Å². The van der Waals surface area contributed by atoms with Crippen molar-refractivity contribution in [3.05, 3.63) is 354 Å². The minimum atomic E-state index is 0.123. The summed E-state index contributed by atoms with van der Waals surface area (Å²) in [5.74, 6) is 5.31. The molecule has 0 radical (unpaired) electrons. The van der Waals surface area contributed by atoms with Crippen LogP contribution in [-0.4, -0.2) is 29.9 Å². The van der Waals surface area contributed by atoms with Crippen molar-refractivity contribution in [2.45, 2.75) is 259 Å². The fourth-order valence-electron chi connectivity index (χ4n) is 12.1.